The van der Waals surface area contributed by atoms with Gasteiger partial charge < -0.3 is 14.7 Å². The molecule has 3 heterocycles. The molecular weight excluding hydrogens is 455 g/mol. The molecule has 2 fully saturated rings. The first-order chi connectivity index (χ1) is 16.9. The second-order valence-electron chi connectivity index (χ2n) is 9.14. The van der Waals surface area contributed by atoms with Gasteiger partial charge in [0, 0.05) is 54.1 Å². The second kappa shape index (κ2) is 7.86. The number of halogens is 3. The van der Waals surface area contributed by atoms with Crippen molar-refractivity contribution in [1.82, 2.24) is 9.80 Å². The molecule has 2 atom stereocenters. The maximum absolute atomic E-state index is 14.0. The molecule has 0 aromatic heterocycles. The predicted octanol–water partition coefficient (Wildman–Crippen LogP) is 4.33. The number of amides is 2. The van der Waals surface area contributed by atoms with Crippen molar-refractivity contribution >= 4 is 17.5 Å². The smallest absolute Gasteiger partial charge is 0.256 e. The molecule has 178 valence electrons. The zero-order valence-corrected chi connectivity index (χ0v) is 18.8. The minimum atomic E-state index is -1.22. The molecule has 0 N–H and O–H groups in total. The summed E-state index contributed by atoms with van der Waals surface area (Å²) >= 11 is 0. The first kappa shape index (κ1) is 21.7. The number of alkyl halides is 1. The molecule has 2 saturated heterocycles. The minimum Gasteiger partial charge on any atom is -0.369 e. The van der Waals surface area contributed by atoms with Crippen molar-refractivity contribution in [1.29, 1.82) is 0 Å². The molecule has 3 aliphatic heterocycles. The molecule has 3 aromatic rings. The Balaban J connectivity index is 1.49. The summed E-state index contributed by atoms with van der Waals surface area (Å²) in [5.74, 6) is -2.83. The van der Waals surface area contributed by atoms with Crippen molar-refractivity contribution < 1.29 is 22.8 Å². The molecule has 0 radical (unpaired) electrons. The van der Waals surface area contributed by atoms with Gasteiger partial charge in [0.25, 0.3) is 11.8 Å². The zero-order chi connectivity index (χ0) is 24.3. The number of nitrogens with zero attached hydrogens (tertiary/aromatic N) is 3. The topological polar surface area (TPSA) is 43.9 Å². The number of carbonyl (C=O) groups excluding carboxylic acids is 2. The Morgan fingerprint density at radius 3 is 2.40 bits per heavy atom. The van der Waals surface area contributed by atoms with Crippen molar-refractivity contribution in [2.45, 2.75) is 18.3 Å². The van der Waals surface area contributed by atoms with E-state index in [0.29, 0.717) is 42.7 Å². The molecule has 2 amide bonds. The van der Waals surface area contributed by atoms with E-state index in [-0.39, 0.29) is 18.0 Å². The van der Waals surface area contributed by atoms with Gasteiger partial charge >= 0.3 is 0 Å². The molecule has 6 rings (SSSR count). The summed E-state index contributed by atoms with van der Waals surface area (Å²) in [6, 6.07) is 17.7. The monoisotopic (exact) mass is 477 g/mol. The Bertz CT molecular complexity index is 1350. The van der Waals surface area contributed by atoms with Crippen molar-refractivity contribution in [2.24, 2.45) is 0 Å². The molecule has 8 heteroatoms. The highest BCUT2D eigenvalue weighted by Crippen LogP contribution is 2.50. The zero-order valence-electron chi connectivity index (χ0n) is 18.8. The van der Waals surface area contributed by atoms with E-state index in [0.717, 1.165) is 17.8 Å². The van der Waals surface area contributed by atoms with Crippen LogP contribution < -0.4 is 4.90 Å². The van der Waals surface area contributed by atoms with E-state index in [2.05, 4.69) is 0 Å². The number of benzene rings is 3. The summed E-state index contributed by atoms with van der Waals surface area (Å²) in [7, 11) is 0. The fourth-order valence-corrected chi connectivity index (χ4v) is 5.69. The van der Waals surface area contributed by atoms with E-state index in [1.165, 1.54) is 6.07 Å². The van der Waals surface area contributed by atoms with Gasteiger partial charge in [-0.1, -0.05) is 30.3 Å². The third-order valence-corrected chi connectivity index (χ3v) is 7.28. The van der Waals surface area contributed by atoms with Gasteiger partial charge in [-0.3, -0.25) is 9.59 Å². The molecule has 5 nitrogen and oxygen atoms in total. The van der Waals surface area contributed by atoms with Crippen LogP contribution in [-0.2, 0) is 5.66 Å². The number of carbonyl (C=O) groups is 2. The molecule has 0 spiro atoms. The summed E-state index contributed by atoms with van der Waals surface area (Å²) in [4.78, 5) is 32.3. The van der Waals surface area contributed by atoms with Gasteiger partial charge in [0.15, 0.2) is 17.3 Å². The first-order valence-electron chi connectivity index (χ1n) is 11.6. The predicted molar refractivity (Wildman–Crippen MR) is 124 cm³/mol. The third-order valence-electron chi connectivity index (χ3n) is 7.28. The van der Waals surface area contributed by atoms with Gasteiger partial charge in [-0.25, -0.2) is 13.2 Å². The van der Waals surface area contributed by atoms with Gasteiger partial charge in [0.05, 0.1) is 0 Å². The lowest BCUT2D eigenvalue weighted by molar-refractivity contribution is 0.0375. The molecule has 3 aromatic carbocycles. The Morgan fingerprint density at radius 1 is 0.914 bits per heavy atom. The second-order valence-corrected chi connectivity index (χ2v) is 9.14. The lowest BCUT2D eigenvalue weighted by Crippen LogP contribution is -2.51. The fourth-order valence-electron chi connectivity index (χ4n) is 5.69. The van der Waals surface area contributed by atoms with Crippen LogP contribution in [0.3, 0.4) is 0 Å². The molecule has 0 saturated carbocycles. The van der Waals surface area contributed by atoms with E-state index in [1.54, 1.807) is 21.9 Å². The van der Waals surface area contributed by atoms with E-state index >= 15 is 0 Å². The normalized spacial score (nSPS) is 23.1. The van der Waals surface area contributed by atoms with E-state index in [4.69, 9.17) is 0 Å². The highest BCUT2D eigenvalue weighted by atomic mass is 19.2. The van der Waals surface area contributed by atoms with Crippen LogP contribution in [0.1, 0.15) is 38.3 Å². The SMILES string of the molecule is O=C(c1ccc(F)c(F)c1)N1CCN2C(=O)c3ccccc3[C@@]12c1ccc(N2CC[C@@H](F)C2)cc1. The lowest BCUT2D eigenvalue weighted by Gasteiger charge is -2.40. The Hall–Kier alpha value is -3.81. The van der Waals surface area contributed by atoms with Crippen LogP contribution in [0, 0.1) is 11.6 Å². The van der Waals surface area contributed by atoms with Crippen LogP contribution in [-0.4, -0.2) is 54.0 Å². The highest BCUT2D eigenvalue weighted by Gasteiger charge is 2.59. The third kappa shape index (κ3) is 3.08. The molecule has 35 heavy (non-hydrogen) atoms. The van der Waals surface area contributed by atoms with E-state index in [1.807, 2.05) is 41.3 Å². The first-order valence-corrected chi connectivity index (χ1v) is 11.6. The number of hydrogen-bond acceptors (Lipinski definition) is 3. The van der Waals surface area contributed by atoms with Crippen LogP contribution in [0.2, 0.25) is 0 Å². The van der Waals surface area contributed by atoms with Gasteiger partial charge in [-0.2, -0.15) is 0 Å². The molecular formula is C27H22F3N3O2. The standard InChI is InChI=1S/C27H22F3N3O2/c28-19-11-12-31(16-19)20-8-6-18(7-9-20)27-22-4-2-1-3-21(22)26(35)33(27)14-13-32(27)25(34)17-5-10-23(29)24(30)15-17/h1-10,15,19H,11-14,16H2/t19-,27+/m1/s1. The Labute approximate surface area is 200 Å². The Kier molecular flexibility index (Phi) is 4.88. The van der Waals surface area contributed by atoms with Crippen LogP contribution in [0.25, 0.3) is 0 Å². The lowest BCUT2D eigenvalue weighted by atomic mass is 9.89. The maximum Gasteiger partial charge on any atom is 0.256 e. The summed E-state index contributed by atoms with van der Waals surface area (Å²) < 4.78 is 41.3. The summed E-state index contributed by atoms with van der Waals surface area (Å²) in [6.45, 7) is 1.48. The van der Waals surface area contributed by atoms with Gasteiger partial charge in [0.1, 0.15) is 6.17 Å². The van der Waals surface area contributed by atoms with Gasteiger partial charge in [-0.15, -0.1) is 0 Å². The summed E-state index contributed by atoms with van der Waals surface area (Å²) in [6.07, 6.45) is -0.375. The highest BCUT2D eigenvalue weighted by molar-refractivity contribution is 6.03. The summed E-state index contributed by atoms with van der Waals surface area (Å²) in [5.41, 5.74) is 1.51. The molecule has 0 aliphatic carbocycles. The van der Waals surface area contributed by atoms with Crippen molar-refractivity contribution in [3.8, 4) is 0 Å². The fraction of sp³-hybridized carbons (Fsp3) is 0.259. The minimum absolute atomic E-state index is 0.00429. The quantitative estimate of drug-likeness (QED) is 0.564. The van der Waals surface area contributed by atoms with Crippen LogP contribution in [0.4, 0.5) is 18.9 Å². The average molecular weight is 477 g/mol. The van der Waals surface area contributed by atoms with Crippen LogP contribution >= 0.6 is 0 Å². The largest absolute Gasteiger partial charge is 0.369 e. The number of fused-ring (bicyclic) bond motifs is 3. The van der Waals surface area contributed by atoms with Crippen molar-refractivity contribution in [3.63, 3.8) is 0 Å². The van der Waals surface area contributed by atoms with E-state index < -0.39 is 29.4 Å². The maximum atomic E-state index is 14.0. The van der Waals surface area contributed by atoms with Crippen molar-refractivity contribution in [3.05, 3.63) is 101 Å². The van der Waals surface area contributed by atoms with Gasteiger partial charge in [-0.05, 0) is 42.8 Å². The number of rotatable bonds is 3. The van der Waals surface area contributed by atoms with Crippen molar-refractivity contribution in [2.75, 3.05) is 31.1 Å². The molecule has 0 bridgehead atoms. The Morgan fingerprint density at radius 2 is 1.69 bits per heavy atom. The van der Waals surface area contributed by atoms with Crippen LogP contribution in [0.5, 0.6) is 0 Å². The number of anilines is 1. The average Bonchev–Trinajstić information content (AvgIpc) is 3.55. The summed E-state index contributed by atoms with van der Waals surface area (Å²) in [5, 5.41) is 0. The van der Waals surface area contributed by atoms with Gasteiger partial charge in [0.2, 0.25) is 0 Å². The van der Waals surface area contributed by atoms with Crippen LogP contribution in [0.15, 0.2) is 66.7 Å². The molecule has 3 aliphatic rings. The molecule has 0 unspecified atom stereocenters. The van der Waals surface area contributed by atoms with E-state index in [9.17, 15) is 22.8 Å². The number of hydrogen-bond donors (Lipinski definition) is 0.